The number of rotatable bonds is 7. The second kappa shape index (κ2) is 8.72. The molecule has 0 bridgehead atoms. The molecule has 0 amide bonds. The zero-order valence-electron chi connectivity index (χ0n) is 15.2. The van der Waals surface area contributed by atoms with Crippen molar-refractivity contribution in [2.75, 3.05) is 17.6 Å². The highest BCUT2D eigenvalue weighted by Crippen LogP contribution is 2.31. The molecule has 1 saturated carbocycles. The maximum atomic E-state index is 11.4. The van der Waals surface area contributed by atoms with Crippen LogP contribution >= 0.6 is 0 Å². The zero-order chi connectivity index (χ0) is 19.2. The Morgan fingerprint density at radius 3 is 2.56 bits per heavy atom. The molecule has 0 unspecified atom stereocenters. The first kappa shape index (κ1) is 19.0. The number of nitrogens with one attached hydrogen (secondary N) is 1. The van der Waals surface area contributed by atoms with E-state index < -0.39 is 4.92 Å². The fraction of sp³-hybridized carbons (Fsp3) is 0.500. The fourth-order valence-corrected chi connectivity index (χ4v) is 3.47. The Morgan fingerprint density at radius 2 is 1.89 bits per heavy atom. The van der Waals surface area contributed by atoms with E-state index in [0.717, 1.165) is 37.7 Å². The molecule has 1 fully saturated rings. The van der Waals surface area contributed by atoms with E-state index in [2.05, 4.69) is 20.3 Å². The van der Waals surface area contributed by atoms with Crippen molar-refractivity contribution in [1.82, 2.24) is 15.0 Å². The van der Waals surface area contributed by atoms with E-state index in [0.29, 0.717) is 30.5 Å². The first-order valence-corrected chi connectivity index (χ1v) is 9.22. The van der Waals surface area contributed by atoms with Gasteiger partial charge in [0.05, 0.1) is 4.92 Å². The van der Waals surface area contributed by atoms with Crippen LogP contribution in [0.15, 0.2) is 24.5 Å². The van der Waals surface area contributed by atoms with E-state index in [1.807, 2.05) is 12.1 Å². The number of nitro groups is 1. The number of anilines is 2. The van der Waals surface area contributed by atoms with Crippen LogP contribution in [0.1, 0.15) is 36.9 Å². The lowest BCUT2D eigenvalue weighted by molar-refractivity contribution is -0.385. The summed E-state index contributed by atoms with van der Waals surface area (Å²) in [4.78, 5) is 23.4. The predicted molar refractivity (Wildman–Crippen MR) is 103 cm³/mol. The van der Waals surface area contributed by atoms with Crippen molar-refractivity contribution in [2.24, 2.45) is 11.7 Å². The summed E-state index contributed by atoms with van der Waals surface area (Å²) < 4.78 is 0. The van der Waals surface area contributed by atoms with Gasteiger partial charge < -0.3 is 16.8 Å². The lowest BCUT2D eigenvalue weighted by atomic mass is 9.83. The molecule has 9 nitrogen and oxygen atoms in total. The number of hydrogen-bond acceptors (Lipinski definition) is 8. The monoisotopic (exact) mass is 371 g/mol. The molecule has 0 atom stereocenters. The minimum Gasteiger partial charge on any atom is -0.378 e. The minimum absolute atomic E-state index is 0.0936. The van der Waals surface area contributed by atoms with Gasteiger partial charge in [0.1, 0.15) is 5.69 Å². The van der Waals surface area contributed by atoms with Crippen molar-refractivity contribution in [2.45, 2.75) is 44.6 Å². The summed E-state index contributed by atoms with van der Waals surface area (Å²) in [6.07, 6.45) is 8.55. The molecule has 27 heavy (non-hydrogen) atoms. The molecule has 2 aromatic heterocycles. The van der Waals surface area contributed by atoms with Crippen LogP contribution in [-0.2, 0) is 12.8 Å². The number of pyridine rings is 1. The molecule has 1 aliphatic carbocycles. The van der Waals surface area contributed by atoms with Gasteiger partial charge in [0.25, 0.3) is 0 Å². The third-order valence-corrected chi connectivity index (χ3v) is 4.99. The molecule has 0 spiro atoms. The third-order valence-electron chi connectivity index (χ3n) is 4.99. The fourth-order valence-electron chi connectivity index (χ4n) is 3.47. The van der Waals surface area contributed by atoms with Gasteiger partial charge in [-0.05, 0) is 62.1 Å². The quantitative estimate of drug-likeness (QED) is 0.495. The topological polar surface area (TPSA) is 146 Å². The summed E-state index contributed by atoms with van der Waals surface area (Å²) >= 11 is 0. The molecule has 3 rings (SSSR count). The average Bonchev–Trinajstić information content (AvgIpc) is 2.64. The Kier molecular flexibility index (Phi) is 6.12. The summed E-state index contributed by atoms with van der Waals surface area (Å²) in [6, 6.07) is 4.11. The van der Waals surface area contributed by atoms with Gasteiger partial charge in [-0.25, -0.2) is 4.98 Å². The average molecular weight is 371 g/mol. The number of aromatic nitrogens is 3. The van der Waals surface area contributed by atoms with Crippen molar-refractivity contribution < 1.29 is 4.92 Å². The van der Waals surface area contributed by atoms with Gasteiger partial charge in [0, 0.05) is 25.0 Å². The molecule has 0 radical (unpaired) electrons. The standard InChI is InChI=1S/C18H25N7O2/c19-14-3-1-13(2-4-14)11-15-16(25(26)27)17(20)24-18(23-15)22-10-7-12-5-8-21-9-6-12/h5-6,8-9,13-14H,1-4,7,10-11,19H2,(H3,20,22,23,24)/t13-,14-. The predicted octanol–water partition coefficient (Wildman–Crippen LogP) is 2.08. The summed E-state index contributed by atoms with van der Waals surface area (Å²) in [5.74, 6) is 0.570. The molecule has 144 valence electrons. The van der Waals surface area contributed by atoms with Gasteiger partial charge in [-0.1, -0.05) is 0 Å². The largest absolute Gasteiger partial charge is 0.378 e. The van der Waals surface area contributed by atoms with Gasteiger partial charge in [0.15, 0.2) is 0 Å². The number of nitrogens with two attached hydrogens (primary N) is 2. The molecular weight excluding hydrogens is 346 g/mol. The molecule has 1 aliphatic rings. The molecular formula is C18H25N7O2. The van der Waals surface area contributed by atoms with Gasteiger partial charge >= 0.3 is 5.69 Å². The first-order valence-electron chi connectivity index (χ1n) is 9.22. The summed E-state index contributed by atoms with van der Waals surface area (Å²) in [5, 5.41) is 14.6. The molecule has 2 aromatic rings. The van der Waals surface area contributed by atoms with E-state index in [1.54, 1.807) is 12.4 Å². The summed E-state index contributed by atoms with van der Waals surface area (Å²) in [6.45, 7) is 0.596. The maximum absolute atomic E-state index is 11.4. The lowest BCUT2D eigenvalue weighted by Crippen LogP contribution is -2.27. The van der Waals surface area contributed by atoms with Crippen LogP contribution in [0.2, 0.25) is 0 Å². The van der Waals surface area contributed by atoms with Crippen molar-refractivity contribution in [3.05, 3.63) is 45.9 Å². The first-order chi connectivity index (χ1) is 13.0. The Balaban J connectivity index is 1.71. The van der Waals surface area contributed by atoms with E-state index in [9.17, 15) is 10.1 Å². The number of nitrogens with zero attached hydrogens (tertiary/aromatic N) is 4. The molecule has 2 heterocycles. The van der Waals surface area contributed by atoms with Crippen LogP contribution < -0.4 is 16.8 Å². The number of hydrogen-bond donors (Lipinski definition) is 3. The van der Waals surface area contributed by atoms with Gasteiger partial charge in [-0.3, -0.25) is 15.1 Å². The van der Waals surface area contributed by atoms with E-state index in [1.165, 1.54) is 0 Å². The van der Waals surface area contributed by atoms with Crippen LogP contribution in [0, 0.1) is 16.0 Å². The van der Waals surface area contributed by atoms with Gasteiger partial charge in [-0.15, -0.1) is 0 Å². The number of nitrogen functional groups attached to an aromatic ring is 1. The summed E-state index contributed by atoms with van der Waals surface area (Å²) in [5.41, 5.74) is 13.2. The molecule has 0 aliphatic heterocycles. The second-order valence-electron chi connectivity index (χ2n) is 7.00. The Morgan fingerprint density at radius 1 is 1.19 bits per heavy atom. The lowest BCUT2D eigenvalue weighted by Gasteiger charge is -2.25. The normalized spacial score (nSPS) is 19.6. The molecule has 9 heteroatoms. The second-order valence-corrected chi connectivity index (χ2v) is 7.00. The third kappa shape index (κ3) is 5.10. The highest BCUT2D eigenvalue weighted by atomic mass is 16.6. The van der Waals surface area contributed by atoms with E-state index >= 15 is 0 Å². The molecule has 0 saturated heterocycles. The Bertz CT molecular complexity index is 777. The van der Waals surface area contributed by atoms with Crippen LogP contribution in [0.5, 0.6) is 0 Å². The van der Waals surface area contributed by atoms with Crippen LogP contribution in [0.4, 0.5) is 17.5 Å². The SMILES string of the molecule is Nc1nc(NCCc2ccncc2)nc(C[C@H]2CC[C@H](N)CC2)c1[N+](=O)[O-]. The Labute approximate surface area is 157 Å². The Hall–Kier alpha value is -2.81. The van der Waals surface area contributed by atoms with Crippen LogP contribution in [0.3, 0.4) is 0 Å². The smallest absolute Gasteiger partial charge is 0.332 e. The summed E-state index contributed by atoms with van der Waals surface area (Å²) in [7, 11) is 0. The molecule has 5 N–H and O–H groups in total. The maximum Gasteiger partial charge on any atom is 0.332 e. The van der Waals surface area contributed by atoms with Crippen LogP contribution in [0.25, 0.3) is 0 Å². The van der Waals surface area contributed by atoms with Gasteiger partial charge in [-0.2, -0.15) is 4.98 Å². The van der Waals surface area contributed by atoms with Crippen molar-refractivity contribution >= 4 is 17.5 Å². The van der Waals surface area contributed by atoms with Crippen molar-refractivity contribution in [1.29, 1.82) is 0 Å². The zero-order valence-corrected chi connectivity index (χ0v) is 15.2. The highest BCUT2D eigenvalue weighted by Gasteiger charge is 2.27. The van der Waals surface area contributed by atoms with Crippen LogP contribution in [-0.4, -0.2) is 32.5 Å². The van der Waals surface area contributed by atoms with Crippen molar-refractivity contribution in [3.8, 4) is 0 Å². The highest BCUT2D eigenvalue weighted by molar-refractivity contribution is 5.58. The van der Waals surface area contributed by atoms with Crippen molar-refractivity contribution in [3.63, 3.8) is 0 Å². The van der Waals surface area contributed by atoms with E-state index in [-0.39, 0.29) is 17.5 Å². The molecule has 0 aromatic carbocycles. The van der Waals surface area contributed by atoms with E-state index in [4.69, 9.17) is 11.5 Å². The van der Waals surface area contributed by atoms with Gasteiger partial charge in [0.2, 0.25) is 11.8 Å². The minimum atomic E-state index is -0.486.